The van der Waals surface area contributed by atoms with Crippen molar-refractivity contribution in [2.45, 2.75) is 254 Å². The van der Waals surface area contributed by atoms with Crippen LogP contribution in [-0.2, 0) is 23.7 Å². The normalized spacial score (nSPS) is 25.0. The fourth-order valence-corrected chi connectivity index (χ4v) is 9.10. The Labute approximate surface area is 493 Å². The van der Waals surface area contributed by atoms with Crippen LogP contribution in [0.1, 0.15) is 181 Å². The van der Waals surface area contributed by atoms with E-state index < -0.39 is 86.8 Å². The molecule has 0 spiro atoms. The molecule has 12 atom stereocenters. The average molecular weight is 1150 g/mol. The van der Waals surface area contributed by atoms with Gasteiger partial charge in [-0.1, -0.05) is 217 Å². The van der Waals surface area contributed by atoms with E-state index >= 15 is 0 Å². The van der Waals surface area contributed by atoms with E-state index in [9.17, 15) is 45.6 Å². The van der Waals surface area contributed by atoms with E-state index in [0.29, 0.717) is 12.8 Å². The predicted octanol–water partition coefficient (Wildman–Crippen LogP) is 11.3. The number of rotatable bonds is 47. The summed E-state index contributed by atoms with van der Waals surface area (Å²) in [6.45, 7) is 2.63. The second-order valence-electron chi connectivity index (χ2n) is 21.1. The van der Waals surface area contributed by atoms with Crippen LogP contribution in [0.5, 0.6) is 0 Å². The molecule has 0 saturated carbocycles. The average Bonchev–Trinajstić information content (AvgIpc) is 3.65. The Morgan fingerprint density at radius 2 is 0.841 bits per heavy atom. The lowest BCUT2D eigenvalue weighted by Crippen LogP contribution is -2.65. The molecular formula is C68H109NO13. The Kier molecular flexibility index (Phi) is 46.3. The molecule has 0 aliphatic carbocycles. The summed E-state index contributed by atoms with van der Waals surface area (Å²) in [6.07, 6.45) is 60.5. The van der Waals surface area contributed by atoms with Crippen LogP contribution in [0, 0.1) is 0 Å². The molecule has 0 radical (unpaired) electrons. The van der Waals surface area contributed by atoms with Gasteiger partial charge in [0.15, 0.2) is 12.6 Å². The Bertz CT molecular complexity index is 1930. The van der Waals surface area contributed by atoms with Crippen molar-refractivity contribution in [3.05, 3.63) is 146 Å². The number of aliphatic hydroxyl groups excluding tert-OH is 8. The fraction of sp³-hybridized carbons (Fsp3) is 0.632. The van der Waals surface area contributed by atoms with Crippen LogP contribution in [0.4, 0.5) is 0 Å². The molecule has 0 bridgehead atoms. The van der Waals surface area contributed by atoms with E-state index in [1.54, 1.807) is 0 Å². The number of nitrogens with one attached hydrogen (secondary N) is 1. The molecule has 2 aliphatic heterocycles. The molecule has 14 heteroatoms. The lowest BCUT2D eigenvalue weighted by molar-refractivity contribution is -0.359. The molecule has 2 rings (SSSR count). The van der Waals surface area contributed by atoms with Crippen molar-refractivity contribution in [2.75, 3.05) is 19.8 Å². The SMILES string of the molecule is CC/C=C\C/C=C\C/C=C\C/C=C\C/C=C\C/C=C\C/C=C\C/C=C\C/C=C\C/C=C\C/C=C\C/C=C\CCCCCCC(=O)NC(COC1OC(CO)C(OC2OC(CO)C(O)C(O)C2O)C(O)C1O)C(O)CCCCCCCCC. The highest BCUT2D eigenvalue weighted by atomic mass is 16.7. The van der Waals surface area contributed by atoms with Crippen molar-refractivity contribution in [3.8, 4) is 0 Å². The van der Waals surface area contributed by atoms with Crippen molar-refractivity contribution in [1.29, 1.82) is 0 Å². The third-order valence-electron chi connectivity index (χ3n) is 14.1. The lowest BCUT2D eigenvalue weighted by atomic mass is 9.97. The van der Waals surface area contributed by atoms with E-state index in [1.165, 1.54) is 12.8 Å². The van der Waals surface area contributed by atoms with E-state index in [2.05, 4.69) is 165 Å². The van der Waals surface area contributed by atoms with Crippen molar-refractivity contribution in [2.24, 2.45) is 0 Å². The largest absolute Gasteiger partial charge is 0.394 e. The van der Waals surface area contributed by atoms with Crippen molar-refractivity contribution < 1.29 is 64.6 Å². The Balaban J connectivity index is 1.59. The third kappa shape index (κ3) is 35.9. The van der Waals surface area contributed by atoms with E-state index in [4.69, 9.17) is 18.9 Å². The quantitative estimate of drug-likeness (QED) is 0.0204. The molecule has 2 fully saturated rings. The molecular weight excluding hydrogens is 1040 g/mol. The number of carbonyl (C=O) groups excluding carboxylic acids is 1. The topological polar surface area (TPSA) is 228 Å². The van der Waals surface area contributed by atoms with E-state index in [0.717, 1.165) is 135 Å². The Morgan fingerprint density at radius 1 is 0.451 bits per heavy atom. The lowest BCUT2D eigenvalue weighted by Gasteiger charge is -2.46. The van der Waals surface area contributed by atoms with Gasteiger partial charge >= 0.3 is 0 Å². The second-order valence-corrected chi connectivity index (χ2v) is 21.1. The first kappa shape index (κ1) is 74.0. The minimum absolute atomic E-state index is 0.243. The van der Waals surface area contributed by atoms with E-state index in [-0.39, 0.29) is 18.9 Å². The molecule has 82 heavy (non-hydrogen) atoms. The first-order valence-electron chi connectivity index (χ1n) is 31.1. The van der Waals surface area contributed by atoms with Gasteiger partial charge in [0.2, 0.25) is 5.91 Å². The first-order valence-corrected chi connectivity index (χ1v) is 31.1. The van der Waals surface area contributed by atoms with Crippen LogP contribution in [0.15, 0.2) is 146 Å². The summed E-state index contributed by atoms with van der Waals surface area (Å²) in [5, 5.41) is 86.8. The number of unbranched alkanes of at least 4 members (excludes halogenated alkanes) is 10. The van der Waals surface area contributed by atoms with Crippen molar-refractivity contribution >= 4 is 5.91 Å². The number of allylic oxidation sites excluding steroid dienone is 24. The molecule has 9 N–H and O–H groups in total. The van der Waals surface area contributed by atoms with Crippen LogP contribution in [0.2, 0.25) is 0 Å². The van der Waals surface area contributed by atoms with Gasteiger partial charge in [0.25, 0.3) is 0 Å². The number of amides is 1. The molecule has 12 unspecified atom stereocenters. The number of hydrogen-bond donors (Lipinski definition) is 9. The second kappa shape index (κ2) is 51.3. The summed E-state index contributed by atoms with van der Waals surface area (Å²) in [4.78, 5) is 13.2. The molecule has 2 aliphatic rings. The molecule has 0 aromatic rings. The Hall–Kier alpha value is -4.13. The zero-order valence-electron chi connectivity index (χ0n) is 49.9. The first-order chi connectivity index (χ1) is 40.1. The molecule has 2 saturated heterocycles. The maximum absolute atomic E-state index is 13.2. The molecule has 0 aromatic heterocycles. The molecule has 1 amide bonds. The van der Waals surface area contributed by atoms with Crippen LogP contribution in [0.25, 0.3) is 0 Å². The predicted molar refractivity (Wildman–Crippen MR) is 331 cm³/mol. The molecule has 14 nitrogen and oxygen atoms in total. The van der Waals surface area contributed by atoms with Crippen molar-refractivity contribution in [1.82, 2.24) is 5.32 Å². The number of aliphatic hydroxyl groups is 8. The van der Waals surface area contributed by atoms with Gasteiger partial charge in [0.1, 0.15) is 48.8 Å². The summed E-state index contributed by atoms with van der Waals surface area (Å²) < 4.78 is 22.7. The van der Waals surface area contributed by atoms with Gasteiger partial charge < -0.3 is 65.1 Å². The van der Waals surface area contributed by atoms with E-state index in [1.807, 2.05) is 0 Å². The highest BCUT2D eigenvalue weighted by Gasteiger charge is 2.51. The maximum Gasteiger partial charge on any atom is 0.220 e. The molecule has 0 aromatic carbocycles. The summed E-state index contributed by atoms with van der Waals surface area (Å²) in [7, 11) is 0. The van der Waals surface area contributed by atoms with Crippen LogP contribution in [-0.4, -0.2) is 140 Å². The smallest absolute Gasteiger partial charge is 0.220 e. The van der Waals surface area contributed by atoms with Gasteiger partial charge in [-0.25, -0.2) is 0 Å². The van der Waals surface area contributed by atoms with Gasteiger partial charge in [-0.05, 0) is 103 Å². The van der Waals surface area contributed by atoms with Crippen LogP contribution >= 0.6 is 0 Å². The fourth-order valence-electron chi connectivity index (χ4n) is 9.10. The minimum Gasteiger partial charge on any atom is -0.394 e. The summed E-state index contributed by atoms with van der Waals surface area (Å²) in [5.41, 5.74) is 0. The molecule has 464 valence electrons. The highest BCUT2D eigenvalue weighted by molar-refractivity contribution is 5.76. The van der Waals surface area contributed by atoms with Crippen LogP contribution in [0.3, 0.4) is 0 Å². The zero-order valence-corrected chi connectivity index (χ0v) is 49.9. The van der Waals surface area contributed by atoms with Gasteiger partial charge in [0, 0.05) is 6.42 Å². The number of carbonyl (C=O) groups is 1. The highest BCUT2D eigenvalue weighted by Crippen LogP contribution is 2.30. The standard InChI is InChI=1S/C68H109NO13/c1-3-5-7-9-11-12-13-14-15-16-17-18-19-20-21-22-23-24-25-26-27-28-29-30-31-32-33-34-35-36-37-38-39-40-41-42-43-44-46-48-50-52-60(73)69-56(57(72)51-49-47-45-10-8-6-4-2)55-79-67-65(78)63(76)66(59(54-71)81-67)82-68-64(77)62(75)61(74)58(53-70)80-68/h5,7,11-12,14-15,17-18,20-21,23-24,26-27,29-30,32-33,35-36,38-39,41-42,56-59,61-68,70-72,74-78H,3-4,6,8-10,13,16,19,22,25,28,31,34,37,40,43-55H2,1-2H3,(H,69,73)/b7-5-,12-11-,15-14-,18-17-,21-20-,24-23-,27-26-,30-29-,33-32-,36-35-,39-38-,42-41-. The Morgan fingerprint density at radius 3 is 1.29 bits per heavy atom. The van der Waals surface area contributed by atoms with Crippen molar-refractivity contribution in [3.63, 3.8) is 0 Å². The van der Waals surface area contributed by atoms with Gasteiger partial charge in [0.05, 0.1) is 32.0 Å². The maximum atomic E-state index is 13.2. The summed E-state index contributed by atoms with van der Waals surface area (Å²) in [6, 6.07) is -0.850. The van der Waals surface area contributed by atoms with Gasteiger partial charge in [-0.2, -0.15) is 0 Å². The van der Waals surface area contributed by atoms with Gasteiger partial charge in [-0.3, -0.25) is 4.79 Å². The minimum atomic E-state index is -1.79. The van der Waals surface area contributed by atoms with Gasteiger partial charge in [-0.15, -0.1) is 0 Å². The summed E-state index contributed by atoms with van der Waals surface area (Å²) in [5.74, 6) is -0.243. The molecule has 2 heterocycles. The number of ether oxygens (including phenoxy) is 4. The van der Waals surface area contributed by atoms with Crippen LogP contribution < -0.4 is 5.32 Å². The number of hydrogen-bond acceptors (Lipinski definition) is 13. The zero-order chi connectivity index (χ0) is 59.5. The monoisotopic (exact) mass is 1150 g/mol. The third-order valence-corrected chi connectivity index (χ3v) is 14.1. The summed E-state index contributed by atoms with van der Waals surface area (Å²) >= 11 is 0.